The van der Waals surface area contributed by atoms with E-state index in [1.54, 1.807) is 26.2 Å². The average Bonchev–Trinajstić information content (AvgIpc) is 2.20. The summed E-state index contributed by atoms with van der Waals surface area (Å²) in [4.78, 5) is 12.7. The number of benzene rings is 1. The molecular weight excluding hydrogens is 275 g/mol. The van der Waals surface area contributed by atoms with E-state index >= 15 is 0 Å². The van der Waals surface area contributed by atoms with Crippen LogP contribution in [0.15, 0.2) is 22.7 Å². The standard InChI is InChI=1S/C11H14BrFN2O/c1-15(2)11(16)7-14-6-8-3-4-9(12)5-10(8)13/h3-5,14H,6-7H2,1-2H3. The van der Waals surface area contributed by atoms with Crippen LogP contribution in [0.5, 0.6) is 0 Å². The van der Waals surface area contributed by atoms with Gasteiger partial charge in [0, 0.05) is 30.7 Å². The lowest BCUT2D eigenvalue weighted by molar-refractivity contribution is -0.127. The highest BCUT2D eigenvalue weighted by Crippen LogP contribution is 2.14. The zero-order chi connectivity index (χ0) is 12.1. The summed E-state index contributed by atoms with van der Waals surface area (Å²) in [5, 5.41) is 2.90. The van der Waals surface area contributed by atoms with Gasteiger partial charge in [-0.1, -0.05) is 22.0 Å². The Bertz CT molecular complexity index is 382. The number of halogens is 2. The highest BCUT2D eigenvalue weighted by Gasteiger charge is 2.05. The molecule has 0 saturated heterocycles. The fourth-order valence-electron chi connectivity index (χ4n) is 1.13. The molecule has 0 bridgehead atoms. The van der Waals surface area contributed by atoms with E-state index in [1.807, 2.05) is 0 Å². The summed E-state index contributed by atoms with van der Waals surface area (Å²) in [6.07, 6.45) is 0. The molecule has 16 heavy (non-hydrogen) atoms. The van der Waals surface area contributed by atoms with Crippen LogP contribution in [0.25, 0.3) is 0 Å². The van der Waals surface area contributed by atoms with Crippen molar-refractivity contribution < 1.29 is 9.18 Å². The Hall–Kier alpha value is -0.940. The molecule has 1 aromatic rings. The molecule has 1 rings (SSSR count). The van der Waals surface area contributed by atoms with Gasteiger partial charge in [-0.3, -0.25) is 4.79 Å². The SMILES string of the molecule is CN(C)C(=O)CNCc1ccc(Br)cc1F. The summed E-state index contributed by atoms with van der Waals surface area (Å²) >= 11 is 3.19. The van der Waals surface area contributed by atoms with Crippen molar-refractivity contribution in [3.8, 4) is 0 Å². The lowest BCUT2D eigenvalue weighted by atomic mass is 10.2. The quantitative estimate of drug-likeness (QED) is 0.916. The molecule has 0 spiro atoms. The Balaban J connectivity index is 2.46. The zero-order valence-electron chi connectivity index (χ0n) is 9.26. The molecule has 1 amide bonds. The third kappa shape index (κ3) is 3.90. The maximum Gasteiger partial charge on any atom is 0.236 e. The van der Waals surface area contributed by atoms with E-state index in [0.717, 1.165) is 0 Å². The van der Waals surface area contributed by atoms with Crippen LogP contribution in [-0.4, -0.2) is 31.4 Å². The van der Waals surface area contributed by atoms with Gasteiger partial charge >= 0.3 is 0 Å². The summed E-state index contributed by atoms with van der Waals surface area (Å²) in [5.41, 5.74) is 0.551. The molecule has 0 unspecified atom stereocenters. The minimum atomic E-state index is -0.279. The number of hydrogen-bond donors (Lipinski definition) is 1. The Labute approximate surface area is 103 Å². The zero-order valence-corrected chi connectivity index (χ0v) is 10.8. The van der Waals surface area contributed by atoms with Gasteiger partial charge in [0.05, 0.1) is 6.54 Å². The van der Waals surface area contributed by atoms with Gasteiger partial charge in [0.15, 0.2) is 0 Å². The van der Waals surface area contributed by atoms with E-state index in [1.165, 1.54) is 11.0 Å². The first-order chi connectivity index (χ1) is 7.50. The molecule has 0 aliphatic rings. The van der Waals surface area contributed by atoms with Crippen LogP contribution in [0.2, 0.25) is 0 Å². The van der Waals surface area contributed by atoms with Crippen molar-refractivity contribution >= 4 is 21.8 Å². The minimum Gasteiger partial charge on any atom is -0.348 e. The fourth-order valence-corrected chi connectivity index (χ4v) is 1.46. The largest absolute Gasteiger partial charge is 0.348 e. The van der Waals surface area contributed by atoms with E-state index < -0.39 is 0 Å². The number of carbonyl (C=O) groups excluding carboxylic acids is 1. The van der Waals surface area contributed by atoms with Crippen molar-refractivity contribution in [3.05, 3.63) is 34.1 Å². The lowest BCUT2D eigenvalue weighted by Gasteiger charge is -2.11. The van der Waals surface area contributed by atoms with Gasteiger partial charge in [-0.25, -0.2) is 4.39 Å². The second-order valence-corrected chi connectivity index (χ2v) is 4.54. The number of hydrogen-bond acceptors (Lipinski definition) is 2. The molecule has 0 radical (unpaired) electrons. The van der Waals surface area contributed by atoms with Crippen molar-refractivity contribution in [1.29, 1.82) is 0 Å². The summed E-state index contributed by atoms with van der Waals surface area (Å²) in [6, 6.07) is 4.87. The highest BCUT2D eigenvalue weighted by molar-refractivity contribution is 9.10. The molecule has 1 N–H and O–H groups in total. The number of amides is 1. The molecule has 88 valence electrons. The first kappa shape index (κ1) is 13.1. The van der Waals surface area contributed by atoms with Crippen LogP contribution in [0.1, 0.15) is 5.56 Å². The first-order valence-corrected chi connectivity index (χ1v) is 5.65. The summed E-state index contributed by atoms with van der Waals surface area (Å²) in [5.74, 6) is -0.309. The van der Waals surface area contributed by atoms with Gasteiger partial charge in [-0.05, 0) is 12.1 Å². The van der Waals surface area contributed by atoms with Gasteiger partial charge < -0.3 is 10.2 Å². The van der Waals surface area contributed by atoms with Crippen LogP contribution in [0.4, 0.5) is 4.39 Å². The van der Waals surface area contributed by atoms with Crippen LogP contribution in [-0.2, 0) is 11.3 Å². The summed E-state index contributed by atoms with van der Waals surface area (Å²) in [6.45, 7) is 0.557. The van der Waals surface area contributed by atoms with Gasteiger partial charge in [0.1, 0.15) is 5.82 Å². The minimum absolute atomic E-state index is 0.0301. The summed E-state index contributed by atoms with van der Waals surface area (Å²) < 4.78 is 14.1. The van der Waals surface area contributed by atoms with Crippen molar-refractivity contribution in [3.63, 3.8) is 0 Å². The van der Waals surface area contributed by atoms with E-state index in [9.17, 15) is 9.18 Å². The number of nitrogens with zero attached hydrogens (tertiary/aromatic N) is 1. The molecule has 0 fully saturated rings. The van der Waals surface area contributed by atoms with Gasteiger partial charge in [0.25, 0.3) is 0 Å². The maximum atomic E-state index is 13.4. The Morgan fingerprint density at radius 2 is 2.19 bits per heavy atom. The Morgan fingerprint density at radius 1 is 1.50 bits per heavy atom. The molecule has 5 heteroatoms. The van der Waals surface area contributed by atoms with Crippen LogP contribution >= 0.6 is 15.9 Å². The molecule has 0 aliphatic heterocycles. The third-order valence-electron chi connectivity index (χ3n) is 2.11. The highest BCUT2D eigenvalue weighted by atomic mass is 79.9. The molecular formula is C11H14BrFN2O. The predicted molar refractivity (Wildman–Crippen MR) is 64.5 cm³/mol. The molecule has 3 nitrogen and oxygen atoms in total. The van der Waals surface area contributed by atoms with Crippen molar-refractivity contribution in [2.24, 2.45) is 0 Å². The number of likely N-dealkylation sites (N-methyl/N-ethyl adjacent to an activating group) is 1. The number of carbonyl (C=O) groups is 1. The first-order valence-electron chi connectivity index (χ1n) is 4.85. The van der Waals surface area contributed by atoms with Crippen molar-refractivity contribution in [2.45, 2.75) is 6.54 Å². The van der Waals surface area contributed by atoms with Crippen molar-refractivity contribution in [2.75, 3.05) is 20.6 Å². The maximum absolute atomic E-state index is 13.4. The normalized spacial score (nSPS) is 10.2. The smallest absolute Gasteiger partial charge is 0.236 e. The monoisotopic (exact) mass is 288 g/mol. The van der Waals surface area contributed by atoms with Gasteiger partial charge in [-0.2, -0.15) is 0 Å². The number of rotatable bonds is 4. The molecule has 0 atom stereocenters. The van der Waals surface area contributed by atoms with Crippen LogP contribution in [0, 0.1) is 5.82 Å². The summed E-state index contributed by atoms with van der Waals surface area (Å²) in [7, 11) is 3.37. The van der Waals surface area contributed by atoms with Gasteiger partial charge in [0.2, 0.25) is 5.91 Å². The second-order valence-electron chi connectivity index (χ2n) is 3.63. The predicted octanol–water partition coefficient (Wildman–Crippen LogP) is 1.77. The third-order valence-corrected chi connectivity index (χ3v) is 2.60. The van der Waals surface area contributed by atoms with E-state index in [2.05, 4.69) is 21.2 Å². The molecule has 0 saturated carbocycles. The molecule has 0 aromatic heterocycles. The Kier molecular flexibility index (Phi) is 4.89. The fraction of sp³-hybridized carbons (Fsp3) is 0.364. The Morgan fingerprint density at radius 3 is 2.75 bits per heavy atom. The van der Waals surface area contributed by atoms with E-state index in [-0.39, 0.29) is 18.3 Å². The second kappa shape index (κ2) is 5.96. The average molecular weight is 289 g/mol. The van der Waals surface area contributed by atoms with E-state index in [4.69, 9.17) is 0 Å². The topological polar surface area (TPSA) is 32.3 Å². The van der Waals surface area contributed by atoms with Gasteiger partial charge in [-0.15, -0.1) is 0 Å². The molecule has 0 aliphatic carbocycles. The van der Waals surface area contributed by atoms with Crippen LogP contribution < -0.4 is 5.32 Å². The van der Waals surface area contributed by atoms with Crippen molar-refractivity contribution in [1.82, 2.24) is 10.2 Å². The number of nitrogens with one attached hydrogen (secondary N) is 1. The van der Waals surface area contributed by atoms with Crippen LogP contribution in [0.3, 0.4) is 0 Å². The molecule has 1 aromatic carbocycles. The van der Waals surface area contributed by atoms with E-state index in [0.29, 0.717) is 16.6 Å². The lowest BCUT2D eigenvalue weighted by Crippen LogP contribution is -2.32. The molecule has 0 heterocycles.